The van der Waals surface area contributed by atoms with Crippen LogP contribution in [0.3, 0.4) is 0 Å². The Labute approximate surface area is 138 Å². The zero-order chi connectivity index (χ0) is 15.8. The first-order valence-corrected chi connectivity index (χ1v) is 8.51. The van der Waals surface area contributed by atoms with Gasteiger partial charge in [-0.05, 0) is 19.1 Å². The molecule has 2 aromatic heterocycles. The summed E-state index contributed by atoms with van der Waals surface area (Å²) >= 11 is 1.66. The van der Waals surface area contributed by atoms with Crippen molar-refractivity contribution in [1.29, 1.82) is 0 Å². The van der Waals surface area contributed by atoms with Gasteiger partial charge in [0.2, 0.25) is 10.1 Å². The van der Waals surface area contributed by atoms with Gasteiger partial charge in [0.1, 0.15) is 5.75 Å². The summed E-state index contributed by atoms with van der Waals surface area (Å²) < 4.78 is 7.19. The molecule has 0 radical (unpaired) electrons. The van der Waals surface area contributed by atoms with Gasteiger partial charge in [-0.1, -0.05) is 17.4 Å². The number of ether oxygens (including phenoxy) is 1. The second-order valence-corrected chi connectivity index (χ2v) is 6.60. The molecule has 23 heavy (non-hydrogen) atoms. The summed E-state index contributed by atoms with van der Waals surface area (Å²) in [6.45, 7) is 5.88. The van der Waals surface area contributed by atoms with Gasteiger partial charge in [0, 0.05) is 37.9 Å². The van der Waals surface area contributed by atoms with E-state index in [1.54, 1.807) is 18.4 Å². The fourth-order valence-electron chi connectivity index (χ4n) is 2.89. The Kier molecular flexibility index (Phi) is 3.57. The summed E-state index contributed by atoms with van der Waals surface area (Å²) in [4.78, 5) is 10.2. The second kappa shape index (κ2) is 5.73. The van der Waals surface area contributed by atoms with Gasteiger partial charge in [0.15, 0.2) is 0 Å². The zero-order valence-corrected chi connectivity index (χ0v) is 14.1. The van der Waals surface area contributed by atoms with Gasteiger partial charge in [-0.15, -0.1) is 5.10 Å². The lowest BCUT2D eigenvalue weighted by Gasteiger charge is -2.35. The van der Waals surface area contributed by atoms with E-state index in [9.17, 15) is 0 Å². The average Bonchev–Trinajstić information content (AvgIpc) is 3.12. The van der Waals surface area contributed by atoms with Crippen LogP contribution in [0.1, 0.15) is 5.69 Å². The molecule has 120 valence electrons. The van der Waals surface area contributed by atoms with Gasteiger partial charge < -0.3 is 14.5 Å². The van der Waals surface area contributed by atoms with E-state index in [-0.39, 0.29) is 0 Å². The number of aromatic nitrogens is 3. The van der Waals surface area contributed by atoms with Gasteiger partial charge in [0.25, 0.3) is 0 Å². The third kappa shape index (κ3) is 2.72. The predicted molar refractivity (Wildman–Crippen MR) is 93.0 cm³/mol. The number of fused-ring (bicyclic) bond motifs is 1. The molecule has 1 aliphatic heterocycles. The average molecular weight is 329 g/mol. The smallest absolute Gasteiger partial charge is 0.214 e. The van der Waals surface area contributed by atoms with E-state index >= 15 is 0 Å². The molecule has 3 aromatic rings. The van der Waals surface area contributed by atoms with Crippen LogP contribution in [0.5, 0.6) is 5.75 Å². The van der Waals surface area contributed by atoms with Crippen LogP contribution in [-0.2, 0) is 0 Å². The normalized spacial score (nSPS) is 15.4. The highest BCUT2D eigenvalue weighted by Gasteiger charge is 2.21. The highest BCUT2D eigenvalue weighted by molar-refractivity contribution is 7.20. The summed E-state index contributed by atoms with van der Waals surface area (Å²) in [7, 11) is 1.71. The molecule has 7 heteroatoms. The van der Waals surface area contributed by atoms with Crippen LogP contribution in [0, 0.1) is 6.92 Å². The third-order valence-corrected chi connectivity index (χ3v) is 5.10. The first kappa shape index (κ1) is 14.3. The minimum Gasteiger partial charge on any atom is -0.497 e. The van der Waals surface area contributed by atoms with E-state index in [0.29, 0.717) is 0 Å². The Bertz CT molecular complexity index is 787. The van der Waals surface area contributed by atoms with Crippen LogP contribution < -0.4 is 14.5 Å². The summed E-state index contributed by atoms with van der Waals surface area (Å²) in [6, 6.07) is 8.25. The van der Waals surface area contributed by atoms with Gasteiger partial charge in [-0.2, -0.15) is 0 Å². The highest BCUT2D eigenvalue weighted by atomic mass is 32.1. The molecule has 0 N–H and O–H groups in total. The molecule has 0 bridgehead atoms. The maximum Gasteiger partial charge on any atom is 0.214 e. The maximum atomic E-state index is 5.32. The molecule has 0 unspecified atom stereocenters. The van der Waals surface area contributed by atoms with Crippen LogP contribution in [0.15, 0.2) is 30.5 Å². The zero-order valence-electron chi connectivity index (χ0n) is 13.3. The Balaban J connectivity index is 1.46. The number of aryl methyl sites for hydroxylation is 1. The number of hydrogen-bond acceptors (Lipinski definition) is 6. The number of imidazole rings is 1. The Morgan fingerprint density at radius 2 is 1.91 bits per heavy atom. The summed E-state index contributed by atoms with van der Waals surface area (Å²) in [6.07, 6.45) is 1.97. The van der Waals surface area contributed by atoms with Crippen LogP contribution >= 0.6 is 11.3 Å². The lowest BCUT2D eigenvalue weighted by molar-refractivity contribution is 0.414. The van der Waals surface area contributed by atoms with E-state index in [0.717, 1.165) is 47.7 Å². The number of anilines is 2. The molecule has 0 amide bonds. The molecule has 3 heterocycles. The van der Waals surface area contributed by atoms with Crippen molar-refractivity contribution in [2.24, 2.45) is 0 Å². The topological polar surface area (TPSA) is 45.9 Å². The van der Waals surface area contributed by atoms with Crippen molar-refractivity contribution in [3.63, 3.8) is 0 Å². The van der Waals surface area contributed by atoms with Gasteiger partial charge in [-0.3, -0.25) is 0 Å². The van der Waals surface area contributed by atoms with Crippen LogP contribution in [0.4, 0.5) is 10.8 Å². The molecule has 1 aromatic carbocycles. The van der Waals surface area contributed by atoms with Crippen molar-refractivity contribution in [2.75, 3.05) is 43.1 Å². The van der Waals surface area contributed by atoms with Crippen molar-refractivity contribution < 1.29 is 4.74 Å². The van der Waals surface area contributed by atoms with Crippen LogP contribution in [-0.4, -0.2) is 47.9 Å². The third-order valence-electron chi connectivity index (χ3n) is 4.12. The molecule has 6 nitrogen and oxygen atoms in total. The number of methoxy groups -OCH3 is 1. The van der Waals surface area contributed by atoms with E-state index < -0.39 is 0 Å². The molecule has 0 spiro atoms. The SMILES string of the molecule is COc1cccc(N2CCN(c3nn4cc(C)nc4s3)CC2)c1. The van der Waals surface area contributed by atoms with E-state index in [1.807, 2.05) is 29.8 Å². The Morgan fingerprint density at radius 3 is 2.65 bits per heavy atom. The maximum absolute atomic E-state index is 5.32. The molecular formula is C16H19N5OS. The van der Waals surface area contributed by atoms with E-state index in [4.69, 9.17) is 4.74 Å². The lowest BCUT2D eigenvalue weighted by Crippen LogP contribution is -2.46. The number of benzene rings is 1. The van der Waals surface area contributed by atoms with E-state index in [2.05, 4.69) is 32.0 Å². The molecule has 1 fully saturated rings. The Hall–Kier alpha value is -2.28. The van der Waals surface area contributed by atoms with Crippen molar-refractivity contribution in [3.8, 4) is 5.75 Å². The van der Waals surface area contributed by atoms with Crippen LogP contribution in [0.25, 0.3) is 4.96 Å². The predicted octanol–water partition coefficient (Wildman–Crippen LogP) is 2.43. The van der Waals surface area contributed by atoms with Gasteiger partial charge in [-0.25, -0.2) is 9.50 Å². The minimum atomic E-state index is 0.904. The Morgan fingerprint density at radius 1 is 1.13 bits per heavy atom. The van der Waals surface area contributed by atoms with Crippen molar-refractivity contribution in [2.45, 2.75) is 6.92 Å². The lowest BCUT2D eigenvalue weighted by atomic mass is 10.2. The highest BCUT2D eigenvalue weighted by Crippen LogP contribution is 2.26. The van der Waals surface area contributed by atoms with Gasteiger partial charge >= 0.3 is 0 Å². The first-order valence-electron chi connectivity index (χ1n) is 7.70. The fraction of sp³-hybridized carbons (Fsp3) is 0.375. The molecular weight excluding hydrogens is 310 g/mol. The molecule has 1 aliphatic rings. The summed E-state index contributed by atoms with van der Waals surface area (Å²) in [5.41, 5.74) is 2.23. The number of piperazine rings is 1. The fourth-order valence-corrected chi connectivity index (χ4v) is 3.87. The molecule has 0 atom stereocenters. The van der Waals surface area contributed by atoms with Crippen molar-refractivity contribution in [3.05, 3.63) is 36.2 Å². The number of rotatable bonds is 3. The first-order chi connectivity index (χ1) is 11.2. The van der Waals surface area contributed by atoms with E-state index in [1.165, 1.54) is 5.69 Å². The molecule has 0 aliphatic carbocycles. The monoisotopic (exact) mass is 329 g/mol. The van der Waals surface area contributed by atoms with Crippen molar-refractivity contribution in [1.82, 2.24) is 14.6 Å². The summed E-state index contributed by atoms with van der Waals surface area (Å²) in [5, 5.41) is 5.70. The van der Waals surface area contributed by atoms with Gasteiger partial charge in [0.05, 0.1) is 19.0 Å². The minimum absolute atomic E-state index is 0.904. The largest absolute Gasteiger partial charge is 0.497 e. The molecule has 0 saturated carbocycles. The molecule has 4 rings (SSSR count). The second-order valence-electron chi connectivity index (χ2n) is 5.67. The molecule has 1 saturated heterocycles. The standard InChI is InChI=1S/C16H19N5OS/c1-12-11-21-15(17-12)23-16(18-21)20-8-6-19(7-9-20)13-4-3-5-14(10-13)22-2/h3-5,10-11H,6-9H2,1-2H3. The number of nitrogens with zero attached hydrogens (tertiary/aromatic N) is 5. The van der Waals surface area contributed by atoms with Crippen LogP contribution in [0.2, 0.25) is 0 Å². The summed E-state index contributed by atoms with van der Waals surface area (Å²) in [5.74, 6) is 0.904. The number of hydrogen-bond donors (Lipinski definition) is 0. The quantitative estimate of drug-likeness (QED) is 0.738. The van der Waals surface area contributed by atoms with Crippen molar-refractivity contribution >= 4 is 27.1 Å².